The van der Waals surface area contributed by atoms with Crippen LogP contribution in [0.4, 0.5) is 0 Å². The van der Waals surface area contributed by atoms with E-state index in [0.717, 1.165) is 51.4 Å². The van der Waals surface area contributed by atoms with Crippen LogP contribution in [0.25, 0.3) is 0 Å². The van der Waals surface area contributed by atoms with Crippen molar-refractivity contribution in [1.82, 2.24) is 5.32 Å². The van der Waals surface area contributed by atoms with Crippen molar-refractivity contribution in [3.63, 3.8) is 0 Å². The molecule has 2 unspecified atom stereocenters. The molecule has 0 bridgehead atoms. The lowest BCUT2D eigenvalue weighted by Gasteiger charge is -2.22. The van der Waals surface area contributed by atoms with Gasteiger partial charge in [0.2, 0.25) is 5.91 Å². The molecular weight excluding hydrogens is 947 g/mol. The predicted octanol–water partition coefficient (Wildman–Crippen LogP) is 22.5. The summed E-state index contributed by atoms with van der Waals surface area (Å²) in [5, 5.41) is 23.5. The van der Waals surface area contributed by atoms with E-state index in [-0.39, 0.29) is 18.5 Å². The Kier molecular flexibility index (Phi) is 65.4. The molecule has 0 heterocycles. The largest absolute Gasteiger partial charge is 0.466 e. The number of hydrogen-bond acceptors (Lipinski definition) is 5. The predicted molar refractivity (Wildman–Crippen MR) is 338 cm³/mol. The maximum Gasteiger partial charge on any atom is 0.305 e. The first kappa shape index (κ1) is 75.3. The van der Waals surface area contributed by atoms with E-state index in [9.17, 15) is 19.8 Å². The van der Waals surface area contributed by atoms with Crippen LogP contribution in [0.1, 0.15) is 393 Å². The fourth-order valence-electron chi connectivity index (χ4n) is 11.1. The summed E-state index contributed by atoms with van der Waals surface area (Å²) in [6.45, 7) is 4.94. The number of allylic oxidation sites excluding steroid dienone is 4. The number of nitrogens with one attached hydrogen (secondary N) is 1. The Morgan fingerprint density at radius 1 is 0.364 bits per heavy atom. The Hall–Kier alpha value is -1.66. The SMILES string of the molecule is CCCC/C=C\C/C=C\CCCCCCCC(=O)OCCCCCCCCCCCCCCCCCCCCCCCC(=O)NC(CO)C(O)CCCCCCCCCCCCCCCCCCCCCCCCCCC. The summed E-state index contributed by atoms with van der Waals surface area (Å²) in [6.07, 6.45) is 83.6. The number of esters is 1. The third kappa shape index (κ3) is 63.4. The summed E-state index contributed by atoms with van der Waals surface area (Å²) in [5.41, 5.74) is 0. The van der Waals surface area contributed by atoms with Crippen molar-refractivity contribution in [3.8, 4) is 0 Å². The Morgan fingerprint density at radius 2 is 0.662 bits per heavy atom. The number of hydrogen-bond donors (Lipinski definition) is 3. The molecule has 0 saturated heterocycles. The molecule has 0 aliphatic carbocycles. The van der Waals surface area contributed by atoms with Crippen LogP contribution in [-0.4, -0.2) is 47.4 Å². The molecule has 0 aromatic rings. The lowest BCUT2D eigenvalue weighted by Crippen LogP contribution is -2.45. The second kappa shape index (κ2) is 66.8. The summed E-state index contributed by atoms with van der Waals surface area (Å²) >= 11 is 0. The molecule has 1 amide bonds. The first-order valence-electron chi connectivity index (χ1n) is 35.1. The number of unbranched alkanes of at least 4 members (excludes halogenated alkanes) is 51. The van der Waals surface area contributed by atoms with Gasteiger partial charge in [-0.25, -0.2) is 0 Å². The summed E-state index contributed by atoms with van der Waals surface area (Å²) in [7, 11) is 0. The third-order valence-electron chi connectivity index (χ3n) is 16.5. The number of aliphatic hydroxyl groups is 2. The molecule has 456 valence electrons. The highest BCUT2D eigenvalue weighted by atomic mass is 16.5. The average molecular weight is 1080 g/mol. The molecule has 3 N–H and O–H groups in total. The zero-order valence-corrected chi connectivity index (χ0v) is 52.2. The number of amides is 1. The zero-order chi connectivity index (χ0) is 55.7. The summed E-state index contributed by atoms with van der Waals surface area (Å²) in [4.78, 5) is 24.6. The van der Waals surface area contributed by atoms with Gasteiger partial charge in [0.25, 0.3) is 0 Å². The number of rotatable bonds is 66. The highest BCUT2D eigenvalue weighted by molar-refractivity contribution is 5.76. The van der Waals surface area contributed by atoms with Crippen LogP contribution < -0.4 is 5.32 Å². The van der Waals surface area contributed by atoms with Crippen LogP contribution in [0.15, 0.2) is 24.3 Å². The molecule has 2 atom stereocenters. The summed E-state index contributed by atoms with van der Waals surface area (Å²) in [5.74, 6) is -0.0329. The number of carbonyl (C=O) groups is 2. The minimum Gasteiger partial charge on any atom is -0.466 e. The van der Waals surface area contributed by atoms with E-state index in [0.29, 0.717) is 25.9 Å². The molecule has 0 aliphatic rings. The van der Waals surface area contributed by atoms with E-state index in [1.807, 2.05) is 0 Å². The van der Waals surface area contributed by atoms with Crippen LogP contribution in [-0.2, 0) is 14.3 Å². The van der Waals surface area contributed by atoms with Gasteiger partial charge in [-0.1, -0.05) is 353 Å². The van der Waals surface area contributed by atoms with Gasteiger partial charge in [-0.2, -0.15) is 0 Å². The third-order valence-corrected chi connectivity index (χ3v) is 16.5. The van der Waals surface area contributed by atoms with Crippen molar-refractivity contribution in [2.45, 2.75) is 405 Å². The highest BCUT2D eigenvalue weighted by Crippen LogP contribution is 2.19. The molecule has 6 heteroatoms. The summed E-state index contributed by atoms with van der Waals surface area (Å²) < 4.78 is 5.48. The van der Waals surface area contributed by atoms with Gasteiger partial charge in [-0.15, -0.1) is 0 Å². The van der Waals surface area contributed by atoms with Crippen molar-refractivity contribution in [2.24, 2.45) is 0 Å². The van der Waals surface area contributed by atoms with Crippen LogP contribution in [0.3, 0.4) is 0 Å². The maximum atomic E-state index is 12.6. The van der Waals surface area contributed by atoms with Gasteiger partial charge in [-0.3, -0.25) is 9.59 Å². The molecule has 0 fully saturated rings. The van der Waals surface area contributed by atoms with E-state index in [2.05, 4.69) is 43.5 Å². The fourth-order valence-corrected chi connectivity index (χ4v) is 11.1. The van der Waals surface area contributed by atoms with E-state index in [1.165, 1.54) is 308 Å². The standard InChI is InChI=1S/C71H137NO5/c1-3-5-7-9-11-13-15-17-19-20-21-22-23-24-25-27-30-33-36-39-43-47-51-55-59-63-69(74)68(67-73)72-70(75)64-60-56-52-48-44-40-37-34-31-28-26-29-32-35-38-42-46-50-54-58-62-66-77-71(76)65-61-57-53-49-45-41-18-16-14-12-10-8-6-4-2/h10,12,16,18,68-69,73-74H,3-9,11,13-15,17,19-67H2,1-2H3,(H,72,75)/b12-10-,18-16-. The molecule has 6 nitrogen and oxygen atoms in total. The van der Waals surface area contributed by atoms with Crippen molar-refractivity contribution in [3.05, 3.63) is 24.3 Å². The smallest absolute Gasteiger partial charge is 0.305 e. The first-order chi connectivity index (χ1) is 38.0. The van der Waals surface area contributed by atoms with Gasteiger partial charge in [0.15, 0.2) is 0 Å². The van der Waals surface area contributed by atoms with Gasteiger partial charge in [0.05, 0.1) is 25.4 Å². The van der Waals surface area contributed by atoms with Gasteiger partial charge in [0.1, 0.15) is 0 Å². The molecule has 0 spiro atoms. The Balaban J connectivity index is 3.39. The van der Waals surface area contributed by atoms with Gasteiger partial charge in [0, 0.05) is 12.8 Å². The second-order valence-corrected chi connectivity index (χ2v) is 24.2. The van der Waals surface area contributed by atoms with Gasteiger partial charge in [-0.05, 0) is 51.4 Å². The molecule has 0 aromatic carbocycles. The molecule has 0 rings (SSSR count). The number of ether oxygens (including phenoxy) is 1. The Bertz CT molecular complexity index is 1200. The van der Waals surface area contributed by atoms with Crippen molar-refractivity contribution < 1.29 is 24.5 Å². The van der Waals surface area contributed by atoms with Gasteiger partial charge >= 0.3 is 5.97 Å². The molecular formula is C71H137NO5. The van der Waals surface area contributed by atoms with Crippen molar-refractivity contribution in [1.29, 1.82) is 0 Å². The average Bonchev–Trinajstić information content (AvgIpc) is 3.43. The quantitative estimate of drug-likeness (QED) is 0.0320. The van der Waals surface area contributed by atoms with Crippen molar-refractivity contribution in [2.75, 3.05) is 13.2 Å². The minimum atomic E-state index is -0.667. The van der Waals surface area contributed by atoms with Crippen LogP contribution in [0.2, 0.25) is 0 Å². The molecule has 77 heavy (non-hydrogen) atoms. The fraction of sp³-hybridized carbons (Fsp3) is 0.915. The topological polar surface area (TPSA) is 95.9 Å². The van der Waals surface area contributed by atoms with Crippen molar-refractivity contribution >= 4 is 11.9 Å². The second-order valence-electron chi connectivity index (χ2n) is 24.2. The maximum absolute atomic E-state index is 12.6. The van der Waals surface area contributed by atoms with E-state index >= 15 is 0 Å². The van der Waals surface area contributed by atoms with Crippen LogP contribution >= 0.6 is 0 Å². The van der Waals surface area contributed by atoms with E-state index in [4.69, 9.17) is 4.74 Å². The Labute approximate surface area is 481 Å². The molecule has 0 aliphatic heterocycles. The minimum absolute atomic E-state index is 0.00161. The molecule has 0 aromatic heterocycles. The molecule has 0 radical (unpaired) electrons. The van der Waals surface area contributed by atoms with E-state index in [1.54, 1.807) is 0 Å². The molecule has 0 saturated carbocycles. The normalized spacial score (nSPS) is 12.6. The van der Waals surface area contributed by atoms with Gasteiger partial charge < -0.3 is 20.3 Å². The van der Waals surface area contributed by atoms with Crippen LogP contribution in [0, 0.1) is 0 Å². The summed E-state index contributed by atoms with van der Waals surface area (Å²) in [6, 6.07) is -0.544. The zero-order valence-electron chi connectivity index (χ0n) is 52.2. The number of carbonyl (C=O) groups excluding carboxylic acids is 2. The number of aliphatic hydroxyl groups excluding tert-OH is 2. The van der Waals surface area contributed by atoms with Crippen LogP contribution in [0.5, 0.6) is 0 Å². The lowest BCUT2D eigenvalue weighted by molar-refractivity contribution is -0.143. The monoisotopic (exact) mass is 1080 g/mol. The highest BCUT2D eigenvalue weighted by Gasteiger charge is 2.20. The Morgan fingerprint density at radius 3 is 1.03 bits per heavy atom. The van der Waals surface area contributed by atoms with E-state index < -0.39 is 12.1 Å². The first-order valence-corrected chi connectivity index (χ1v) is 35.1. The lowest BCUT2D eigenvalue weighted by atomic mass is 10.0.